The number of amides is 2. The van der Waals surface area contributed by atoms with Crippen molar-refractivity contribution in [2.24, 2.45) is 5.92 Å². The Morgan fingerprint density at radius 2 is 1.97 bits per heavy atom. The summed E-state index contributed by atoms with van der Waals surface area (Å²) in [5, 5.41) is 6.08. The van der Waals surface area contributed by atoms with Crippen LogP contribution < -0.4 is 20.1 Å². The van der Waals surface area contributed by atoms with E-state index >= 15 is 0 Å². The largest absolute Gasteiger partial charge is 0.497 e. The molecule has 0 saturated heterocycles. The van der Waals surface area contributed by atoms with Gasteiger partial charge in [0.05, 0.1) is 20.3 Å². The van der Waals surface area contributed by atoms with Crippen LogP contribution in [0, 0.1) is 5.92 Å². The highest BCUT2D eigenvalue weighted by molar-refractivity contribution is 5.96. The SMILES string of the molecule is COc1cccc(CNC(=O)c2cccc3c2CN(CCC(C)C)CC(=O)NCCCCCO3)c1. The Balaban J connectivity index is 1.85. The van der Waals surface area contributed by atoms with Gasteiger partial charge in [0.25, 0.3) is 5.91 Å². The smallest absolute Gasteiger partial charge is 0.252 e. The molecule has 0 unspecified atom stereocenters. The van der Waals surface area contributed by atoms with E-state index in [0.29, 0.717) is 50.0 Å². The molecule has 7 nitrogen and oxygen atoms in total. The zero-order valence-electron chi connectivity index (χ0n) is 21.3. The first-order valence-corrected chi connectivity index (χ1v) is 12.6. The van der Waals surface area contributed by atoms with Gasteiger partial charge in [-0.3, -0.25) is 14.5 Å². The van der Waals surface area contributed by atoms with Gasteiger partial charge in [0.1, 0.15) is 11.5 Å². The van der Waals surface area contributed by atoms with Crippen molar-refractivity contribution in [3.05, 3.63) is 59.2 Å². The maximum absolute atomic E-state index is 13.3. The maximum Gasteiger partial charge on any atom is 0.252 e. The van der Waals surface area contributed by atoms with Crippen molar-refractivity contribution in [2.75, 3.05) is 33.4 Å². The molecule has 1 aliphatic heterocycles. The Labute approximate surface area is 209 Å². The van der Waals surface area contributed by atoms with E-state index in [1.165, 1.54) is 0 Å². The van der Waals surface area contributed by atoms with Crippen molar-refractivity contribution in [2.45, 2.75) is 52.6 Å². The van der Waals surface area contributed by atoms with Crippen LogP contribution in [0.25, 0.3) is 0 Å². The third-order valence-electron chi connectivity index (χ3n) is 6.14. The lowest BCUT2D eigenvalue weighted by atomic mass is 10.0. The van der Waals surface area contributed by atoms with Gasteiger partial charge in [-0.15, -0.1) is 0 Å². The second-order valence-electron chi connectivity index (χ2n) is 9.47. The van der Waals surface area contributed by atoms with Gasteiger partial charge in [0.15, 0.2) is 0 Å². The second kappa shape index (κ2) is 13.7. The standard InChI is InChI=1S/C28H39N3O4/c1-21(2)13-15-31-19-25-24(28(33)30-18-22-9-7-10-23(17-22)34-3)11-8-12-26(25)35-16-6-4-5-14-29-27(32)20-31/h7-12,17,21H,4-6,13-16,18-20H2,1-3H3,(H,29,32)(H,30,33). The van der Waals surface area contributed by atoms with Crippen molar-refractivity contribution >= 4 is 11.8 Å². The quantitative estimate of drug-likeness (QED) is 0.621. The highest BCUT2D eigenvalue weighted by Gasteiger charge is 2.21. The van der Waals surface area contributed by atoms with E-state index in [2.05, 4.69) is 29.4 Å². The van der Waals surface area contributed by atoms with Crippen LogP contribution in [-0.2, 0) is 17.9 Å². The summed E-state index contributed by atoms with van der Waals surface area (Å²) in [4.78, 5) is 28.0. The van der Waals surface area contributed by atoms with Gasteiger partial charge in [-0.1, -0.05) is 32.0 Å². The first-order chi connectivity index (χ1) is 17.0. The fourth-order valence-corrected chi connectivity index (χ4v) is 4.09. The summed E-state index contributed by atoms with van der Waals surface area (Å²) in [5.74, 6) is 1.85. The number of hydrogen-bond acceptors (Lipinski definition) is 5. The average molecular weight is 482 g/mol. The molecule has 0 fully saturated rings. The van der Waals surface area contributed by atoms with E-state index in [1.807, 2.05) is 42.5 Å². The highest BCUT2D eigenvalue weighted by Crippen LogP contribution is 2.26. The van der Waals surface area contributed by atoms with E-state index < -0.39 is 0 Å². The highest BCUT2D eigenvalue weighted by atomic mass is 16.5. The minimum absolute atomic E-state index is 0.0235. The van der Waals surface area contributed by atoms with E-state index in [1.54, 1.807) is 7.11 Å². The minimum atomic E-state index is -0.161. The topological polar surface area (TPSA) is 79.9 Å². The molecular weight excluding hydrogens is 442 g/mol. The molecule has 0 spiro atoms. The Kier molecular flexibility index (Phi) is 10.4. The van der Waals surface area contributed by atoms with E-state index in [4.69, 9.17) is 9.47 Å². The van der Waals surface area contributed by atoms with Crippen LogP contribution in [0.15, 0.2) is 42.5 Å². The Bertz CT molecular complexity index is 976. The van der Waals surface area contributed by atoms with Crippen molar-refractivity contribution in [1.29, 1.82) is 0 Å². The van der Waals surface area contributed by atoms with Gasteiger partial charge < -0.3 is 20.1 Å². The minimum Gasteiger partial charge on any atom is -0.497 e. The summed E-state index contributed by atoms with van der Waals surface area (Å²) in [6, 6.07) is 13.3. The summed E-state index contributed by atoms with van der Waals surface area (Å²) < 4.78 is 11.4. The van der Waals surface area contributed by atoms with Crippen molar-refractivity contribution in [3.63, 3.8) is 0 Å². The van der Waals surface area contributed by atoms with E-state index in [-0.39, 0.29) is 11.8 Å². The number of fused-ring (bicyclic) bond motifs is 1. The third-order valence-corrected chi connectivity index (χ3v) is 6.14. The van der Waals surface area contributed by atoms with Gasteiger partial charge in [0, 0.05) is 30.8 Å². The van der Waals surface area contributed by atoms with E-state index in [9.17, 15) is 9.59 Å². The number of carbonyl (C=O) groups excluding carboxylic acids is 2. The molecule has 7 heteroatoms. The Morgan fingerprint density at radius 1 is 1.14 bits per heavy atom. The molecule has 2 N–H and O–H groups in total. The summed E-state index contributed by atoms with van der Waals surface area (Å²) in [6.45, 7) is 7.54. The Hall–Kier alpha value is -3.06. The summed E-state index contributed by atoms with van der Waals surface area (Å²) in [5.41, 5.74) is 2.36. The molecule has 0 aromatic heterocycles. The third kappa shape index (κ3) is 8.58. The fourth-order valence-electron chi connectivity index (χ4n) is 4.09. The van der Waals surface area contributed by atoms with Crippen LogP contribution in [0.5, 0.6) is 11.5 Å². The number of benzene rings is 2. The molecule has 3 rings (SSSR count). The van der Waals surface area contributed by atoms with Crippen LogP contribution in [0.4, 0.5) is 0 Å². The normalized spacial score (nSPS) is 15.6. The van der Waals surface area contributed by atoms with Gasteiger partial charge in [-0.2, -0.15) is 0 Å². The monoisotopic (exact) mass is 481 g/mol. The number of carbonyl (C=O) groups is 2. The molecule has 0 saturated carbocycles. The molecular formula is C28H39N3O4. The lowest BCUT2D eigenvalue weighted by molar-refractivity contribution is -0.122. The van der Waals surface area contributed by atoms with Crippen LogP contribution in [-0.4, -0.2) is 50.1 Å². The number of nitrogens with zero attached hydrogens (tertiary/aromatic N) is 1. The summed E-state index contributed by atoms with van der Waals surface area (Å²) in [7, 11) is 1.63. The number of rotatable bonds is 7. The molecule has 0 radical (unpaired) electrons. The number of nitrogens with one attached hydrogen (secondary N) is 2. The zero-order chi connectivity index (χ0) is 25.0. The van der Waals surface area contributed by atoms with Gasteiger partial charge in [-0.05, 0) is 68.0 Å². The molecule has 0 atom stereocenters. The second-order valence-corrected chi connectivity index (χ2v) is 9.47. The molecule has 0 bridgehead atoms. The molecule has 35 heavy (non-hydrogen) atoms. The van der Waals surface area contributed by atoms with Crippen LogP contribution in [0.3, 0.4) is 0 Å². The van der Waals surface area contributed by atoms with Crippen molar-refractivity contribution in [1.82, 2.24) is 15.5 Å². The fraction of sp³-hybridized carbons (Fsp3) is 0.500. The van der Waals surface area contributed by atoms with Gasteiger partial charge in [-0.25, -0.2) is 0 Å². The predicted octanol–water partition coefficient (Wildman–Crippen LogP) is 4.15. The number of methoxy groups -OCH3 is 1. The molecule has 1 aliphatic rings. The lowest BCUT2D eigenvalue weighted by Gasteiger charge is -2.25. The number of hydrogen-bond donors (Lipinski definition) is 2. The number of ether oxygens (including phenoxy) is 2. The van der Waals surface area contributed by atoms with Gasteiger partial charge in [0.2, 0.25) is 5.91 Å². The van der Waals surface area contributed by atoms with Gasteiger partial charge >= 0.3 is 0 Å². The molecule has 1 heterocycles. The van der Waals surface area contributed by atoms with Crippen LogP contribution in [0.2, 0.25) is 0 Å². The molecule has 0 aliphatic carbocycles. The first kappa shape index (κ1) is 26.5. The van der Waals surface area contributed by atoms with Crippen molar-refractivity contribution in [3.8, 4) is 11.5 Å². The zero-order valence-corrected chi connectivity index (χ0v) is 21.3. The van der Waals surface area contributed by atoms with Crippen LogP contribution >= 0.6 is 0 Å². The molecule has 2 aromatic rings. The maximum atomic E-state index is 13.3. The first-order valence-electron chi connectivity index (χ1n) is 12.6. The summed E-state index contributed by atoms with van der Waals surface area (Å²) >= 11 is 0. The molecule has 2 aromatic carbocycles. The van der Waals surface area contributed by atoms with E-state index in [0.717, 1.165) is 49.1 Å². The average Bonchev–Trinajstić information content (AvgIpc) is 2.87. The predicted molar refractivity (Wildman–Crippen MR) is 138 cm³/mol. The van der Waals surface area contributed by atoms with Crippen molar-refractivity contribution < 1.29 is 19.1 Å². The Morgan fingerprint density at radius 3 is 2.77 bits per heavy atom. The molecule has 2 amide bonds. The molecule has 190 valence electrons. The summed E-state index contributed by atoms with van der Waals surface area (Å²) in [6.07, 6.45) is 3.78. The van der Waals surface area contributed by atoms with Crippen LogP contribution in [0.1, 0.15) is 61.0 Å². The lowest BCUT2D eigenvalue weighted by Crippen LogP contribution is -2.38.